The minimum Gasteiger partial charge on any atom is -0.469 e. The molecule has 6 nitrogen and oxygen atoms in total. The molecule has 2 rings (SSSR count). The van der Waals surface area contributed by atoms with Gasteiger partial charge in [0.1, 0.15) is 6.04 Å². The number of carbonyl (C=O) groups is 3. The van der Waals surface area contributed by atoms with Gasteiger partial charge < -0.3 is 15.0 Å². The van der Waals surface area contributed by atoms with Gasteiger partial charge in [-0.15, -0.1) is 0 Å². The maximum Gasteiger partial charge on any atom is 0.310 e. The molecule has 1 N–H and O–H groups in total. The number of nitrogens with zero attached hydrogens (tertiary/aromatic N) is 1. The molecule has 0 bridgehead atoms. The van der Waals surface area contributed by atoms with Gasteiger partial charge in [-0.2, -0.15) is 0 Å². The molecule has 0 saturated carbocycles. The largest absolute Gasteiger partial charge is 0.469 e. The maximum absolute atomic E-state index is 12.7. The highest BCUT2D eigenvalue weighted by atomic mass is 35.5. The third kappa shape index (κ3) is 4.86. The van der Waals surface area contributed by atoms with Gasteiger partial charge in [0.15, 0.2) is 0 Å². The standard InChI is InChI=1S/C17H20Cl2N2O4/c1-10(17(24)25-2)9-20-15(22)14-4-3-5-21(14)16(23)11-6-12(18)8-13(19)7-11/h6-8,10,14H,3-5,9H2,1-2H3,(H,20,22). The van der Waals surface area contributed by atoms with Crippen molar-refractivity contribution in [3.8, 4) is 0 Å². The van der Waals surface area contributed by atoms with E-state index < -0.39 is 17.9 Å². The lowest BCUT2D eigenvalue weighted by Gasteiger charge is -2.24. The van der Waals surface area contributed by atoms with Gasteiger partial charge in [-0.1, -0.05) is 30.1 Å². The molecule has 8 heteroatoms. The third-order valence-electron chi connectivity index (χ3n) is 4.11. The zero-order chi connectivity index (χ0) is 18.6. The number of benzene rings is 1. The van der Waals surface area contributed by atoms with Crippen LogP contribution in [0.1, 0.15) is 30.1 Å². The summed E-state index contributed by atoms with van der Waals surface area (Å²) in [6.45, 7) is 2.30. The van der Waals surface area contributed by atoms with Crippen molar-refractivity contribution >= 4 is 41.0 Å². The molecule has 0 aliphatic carbocycles. The van der Waals surface area contributed by atoms with Crippen LogP contribution in [0, 0.1) is 5.92 Å². The normalized spacial score (nSPS) is 17.9. The first kappa shape index (κ1) is 19.5. The van der Waals surface area contributed by atoms with Crippen LogP contribution >= 0.6 is 23.2 Å². The number of likely N-dealkylation sites (tertiary alicyclic amines) is 1. The van der Waals surface area contributed by atoms with Crippen LogP contribution in [0.3, 0.4) is 0 Å². The van der Waals surface area contributed by atoms with Crippen LogP contribution in [0.15, 0.2) is 18.2 Å². The Morgan fingerprint density at radius 1 is 1.28 bits per heavy atom. The van der Waals surface area contributed by atoms with E-state index in [0.29, 0.717) is 28.6 Å². The number of rotatable bonds is 5. The summed E-state index contributed by atoms with van der Waals surface area (Å²) in [5.41, 5.74) is 0.347. The van der Waals surface area contributed by atoms with Crippen LogP contribution in [0.2, 0.25) is 10.0 Å². The molecule has 136 valence electrons. The molecular formula is C17H20Cl2N2O4. The fourth-order valence-corrected chi connectivity index (χ4v) is 3.31. The van der Waals surface area contributed by atoms with Gasteiger partial charge in [-0.25, -0.2) is 0 Å². The quantitative estimate of drug-likeness (QED) is 0.788. The average Bonchev–Trinajstić information content (AvgIpc) is 3.06. The van der Waals surface area contributed by atoms with E-state index in [1.54, 1.807) is 13.0 Å². The molecule has 25 heavy (non-hydrogen) atoms. The van der Waals surface area contributed by atoms with Gasteiger partial charge in [0.05, 0.1) is 13.0 Å². The fourth-order valence-electron chi connectivity index (χ4n) is 2.78. The summed E-state index contributed by atoms with van der Waals surface area (Å²) in [5, 5.41) is 3.44. The molecular weight excluding hydrogens is 367 g/mol. The molecule has 2 amide bonds. The summed E-state index contributed by atoms with van der Waals surface area (Å²) in [7, 11) is 1.30. The number of methoxy groups -OCH3 is 1. The monoisotopic (exact) mass is 386 g/mol. The van der Waals surface area contributed by atoms with Crippen molar-refractivity contribution in [2.45, 2.75) is 25.8 Å². The van der Waals surface area contributed by atoms with Crippen LogP contribution < -0.4 is 5.32 Å². The van der Waals surface area contributed by atoms with Gasteiger partial charge in [0.25, 0.3) is 5.91 Å². The van der Waals surface area contributed by atoms with E-state index in [2.05, 4.69) is 10.1 Å². The Kier molecular flexibility index (Phi) is 6.67. The van der Waals surface area contributed by atoms with Crippen LogP contribution in [-0.4, -0.2) is 48.9 Å². The van der Waals surface area contributed by atoms with E-state index >= 15 is 0 Å². The first-order valence-electron chi connectivity index (χ1n) is 7.96. The zero-order valence-corrected chi connectivity index (χ0v) is 15.6. The number of nitrogens with one attached hydrogen (secondary N) is 1. The lowest BCUT2D eigenvalue weighted by Crippen LogP contribution is -2.47. The Bertz CT molecular complexity index is 660. The fraction of sp³-hybridized carbons (Fsp3) is 0.471. The van der Waals surface area contributed by atoms with Crippen molar-refractivity contribution in [2.75, 3.05) is 20.2 Å². The summed E-state index contributed by atoms with van der Waals surface area (Å²) in [5.74, 6) is -1.42. The van der Waals surface area contributed by atoms with Crippen molar-refractivity contribution < 1.29 is 19.1 Å². The Labute approximate surface area is 156 Å². The lowest BCUT2D eigenvalue weighted by atomic mass is 10.1. The molecule has 1 saturated heterocycles. The van der Waals surface area contributed by atoms with Gasteiger partial charge in [0, 0.05) is 28.7 Å². The highest BCUT2D eigenvalue weighted by Crippen LogP contribution is 2.24. The van der Waals surface area contributed by atoms with Gasteiger partial charge in [-0.3, -0.25) is 14.4 Å². The smallest absolute Gasteiger partial charge is 0.310 e. The minimum absolute atomic E-state index is 0.160. The third-order valence-corrected chi connectivity index (χ3v) is 4.55. The van der Waals surface area contributed by atoms with E-state index in [1.165, 1.54) is 24.1 Å². The summed E-state index contributed by atoms with van der Waals surface area (Å²) >= 11 is 11.9. The molecule has 0 aromatic heterocycles. The van der Waals surface area contributed by atoms with Gasteiger partial charge >= 0.3 is 5.97 Å². The van der Waals surface area contributed by atoms with Crippen molar-refractivity contribution in [1.29, 1.82) is 0 Å². The van der Waals surface area contributed by atoms with Crippen LogP contribution in [0.5, 0.6) is 0 Å². The van der Waals surface area contributed by atoms with Crippen molar-refractivity contribution in [2.24, 2.45) is 5.92 Å². The number of ether oxygens (including phenoxy) is 1. The number of carbonyl (C=O) groups excluding carboxylic acids is 3. The number of hydrogen-bond donors (Lipinski definition) is 1. The summed E-state index contributed by atoms with van der Waals surface area (Å²) in [4.78, 5) is 38.1. The van der Waals surface area contributed by atoms with E-state index in [1.807, 2.05) is 0 Å². The van der Waals surface area contributed by atoms with Gasteiger partial charge in [-0.05, 0) is 31.0 Å². The molecule has 1 heterocycles. The molecule has 2 unspecified atom stereocenters. The van der Waals surface area contributed by atoms with E-state index in [4.69, 9.17) is 23.2 Å². The van der Waals surface area contributed by atoms with Crippen molar-refractivity contribution in [1.82, 2.24) is 10.2 Å². The molecule has 1 aromatic carbocycles. The predicted octanol–water partition coefficient (Wildman–Crippen LogP) is 2.52. The van der Waals surface area contributed by atoms with Crippen LogP contribution in [0.4, 0.5) is 0 Å². The second-order valence-electron chi connectivity index (χ2n) is 5.98. The van der Waals surface area contributed by atoms with E-state index in [-0.39, 0.29) is 18.4 Å². The highest BCUT2D eigenvalue weighted by molar-refractivity contribution is 6.35. The number of amides is 2. The predicted molar refractivity (Wildman–Crippen MR) is 94.7 cm³/mol. The Hall–Kier alpha value is -1.79. The van der Waals surface area contributed by atoms with Crippen molar-refractivity contribution in [3.05, 3.63) is 33.8 Å². The number of halogens is 2. The first-order valence-corrected chi connectivity index (χ1v) is 8.71. The topological polar surface area (TPSA) is 75.7 Å². The van der Waals surface area contributed by atoms with E-state index in [0.717, 1.165) is 6.42 Å². The molecule has 1 aromatic rings. The number of esters is 1. The molecule has 0 radical (unpaired) electrons. The molecule has 2 atom stereocenters. The molecule has 0 spiro atoms. The van der Waals surface area contributed by atoms with Gasteiger partial charge in [0.2, 0.25) is 5.91 Å². The van der Waals surface area contributed by atoms with E-state index in [9.17, 15) is 14.4 Å². The number of hydrogen-bond acceptors (Lipinski definition) is 4. The Morgan fingerprint density at radius 2 is 1.92 bits per heavy atom. The Balaban J connectivity index is 2.04. The summed E-state index contributed by atoms with van der Waals surface area (Å²) in [6, 6.07) is 4.03. The molecule has 1 fully saturated rings. The van der Waals surface area contributed by atoms with Crippen LogP contribution in [-0.2, 0) is 14.3 Å². The zero-order valence-electron chi connectivity index (χ0n) is 14.1. The minimum atomic E-state index is -0.574. The summed E-state index contributed by atoms with van der Waals surface area (Å²) in [6.07, 6.45) is 1.29. The summed E-state index contributed by atoms with van der Waals surface area (Å²) < 4.78 is 4.63. The molecule has 1 aliphatic rings. The first-order chi connectivity index (χ1) is 11.8. The second kappa shape index (κ2) is 8.54. The second-order valence-corrected chi connectivity index (χ2v) is 6.86. The maximum atomic E-state index is 12.7. The average molecular weight is 387 g/mol. The lowest BCUT2D eigenvalue weighted by molar-refractivity contribution is -0.144. The van der Waals surface area contributed by atoms with Crippen LogP contribution in [0.25, 0.3) is 0 Å². The SMILES string of the molecule is COC(=O)C(C)CNC(=O)C1CCCN1C(=O)c1cc(Cl)cc(Cl)c1. The Morgan fingerprint density at radius 3 is 2.52 bits per heavy atom. The molecule has 1 aliphatic heterocycles. The van der Waals surface area contributed by atoms with Crippen molar-refractivity contribution in [3.63, 3.8) is 0 Å². The highest BCUT2D eigenvalue weighted by Gasteiger charge is 2.35.